The molecular weight excluding hydrogens is 298 g/mol. The Bertz CT molecular complexity index is 615. The van der Waals surface area contributed by atoms with Crippen molar-refractivity contribution in [3.63, 3.8) is 0 Å². The molecule has 1 heterocycles. The molecule has 2 rings (SSSR count). The van der Waals surface area contributed by atoms with Gasteiger partial charge in [-0.2, -0.15) is 0 Å². The average molecular weight is 319 g/mol. The van der Waals surface area contributed by atoms with E-state index in [1.54, 1.807) is 11.8 Å². The Hall–Kier alpha value is -2.21. The Morgan fingerprint density at radius 3 is 2.43 bits per heavy atom. The lowest BCUT2D eigenvalue weighted by Gasteiger charge is -2.46. The average Bonchev–Trinajstić information content (AvgIpc) is 2.53. The van der Waals surface area contributed by atoms with E-state index in [1.807, 2.05) is 30.3 Å². The van der Waals surface area contributed by atoms with Crippen molar-refractivity contribution < 1.29 is 24.2 Å². The van der Waals surface area contributed by atoms with Gasteiger partial charge in [0.2, 0.25) is 5.54 Å². The second-order valence-electron chi connectivity index (χ2n) is 5.95. The van der Waals surface area contributed by atoms with Gasteiger partial charge < -0.3 is 9.84 Å². The predicted octanol–water partition coefficient (Wildman–Crippen LogP) is 1.34. The Kier molecular flexibility index (Phi) is 4.85. The van der Waals surface area contributed by atoms with Crippen LogP contribution in [0.2, 0.25) is 0 Å². The molecule has 1 aromatic carbocycles. The number of hydrogen-bond acceptors (Lipinski definition) is 5. The van der Waals surface area contributed by atoms with Gasteiger partial charge in [0, 0.05) is 19.0 Å². The summed E-state index contributed by atoms with van der Waals surface area (Å²) in [6.07, 6.45) is 0. The number of hydrogen-bond donors (Lipinski definition) is 1. The quantitative estimate of drug-likeness (QED) is 0.666. The Morgan fingerprint density at radius 1 is 1.30 bits per heavy atom. The molecule has 1 N–H and O–H groups in total. The van der Waals surface area contributed by atoms with Crippen molar-refractivity contribution in [1.82, 2.24) is 4.90 Å². The van der Waals surface area contributed by atoms with Gasteiger partial charge in [-0.3, -0.25) is 9.69 Å². The maximum Gasteiger partial charge on any atom is 0.338 e. The van der Waals surface area contributed by atoms with Crippen LogP contribution in [0.5, 0.6) is 0 Å². The number of Topliss-reactive ketones (excluding diaryl/α,β-unsaturated/α-hetero) is 1. The highest BCUT2D eigenvalue weighted by Crippen LogP contribution is 2.36. The number of rotatable bonds is 4. The van der Waals surface area contributed by atoms with Crippen molar-refractivity contribution >= 4 is 17.7 Å². The summed E-state index contributed by atoms with van der Waals surface area (Å²) in [6.45, 7) is 3.69. The lowest BCUT2D eigenvalue weighted by molar-refractivity contribution is -0.183. The van der Waals surface area contributed by atoms with E-state index >= 15 is 0 Å². The van der Waals surface area contributed by atoms with Gasteiger partial charge in [0.1, 0.15) is 5.78 Å². The molecule has 0 amide bonds. The molecular formula is C17H21NO5. The number of aliphatic carboxylic acids is 1. The van der Waals surface area contributed by atoms with E-state index in [1.165, 1.54) is 6.92 Å². The summed E-state index contributed by atoms with van der Waals surface area (Å²) in [5.74, 6) is -3.82. The molecule has 6 nitrogen and oxygen atoms in total. The van der Waals surface area contributed by atoms with Gasteiger partial charge in [0.15, 0.2) is 0 Å². The van der Waals surface area contributed by atoms with Gasteiger partial charge in [0.25, 0.3) is 0 Å². The Balaban J connectivity index is 2.51. The summed E-state index contributed by atoms with van der Waals surface area (Å²) >= 11 is 0. The van der Waals surface area contributed by atoms with Crippen molar-refractivity contribution in [2.45, 2.75) is 25.9 Å². The van der Waals surface area contributed by atoms with E-state index in [0.717, 1.165) is 12.7 Å². The fourth-order valence-electron chi connectivity index (χ4n) is 3.33. The van der Waals surface area contributed by atoms with Crippen LogP contribution >= 0.6 is 0 Å². The third kappa shape index (κ3) is 2.74. The van der Waals surface area contributed by atoms with E-state index in [0.29, 0.717) is 0 Å². The smallest absolute Gasteiger partial charge is 0.338 e. The first-order valence-electron chi connectivity index (χ1n) is 7.50. The summed E-state index contributed by atoms with van der Waals surface area (Å²) < 4.78 is 4.76. The maximum absolute atomic E-state index is 12.4. The highest BCUT2D eigenvalue weighted by molar-refractivity contribution is 6.09. The number of piperidine rings is 1. The monoisotopic (exact) mass is 319 g/mol. The molecule has 0 aromatic heterocycles. The minimum atomic E-state index is -1.99. The first-order valence-corrected chi connectivity index (χ1v) is 7.50. The number of benzene rings is 1. The number of carboxylic acid groups (broad SMARTS) is 1. The molecule has 1 saturated heterocycles. The molecule has 0 aliphatic carbocycles. The zero-order chi connectivity index (χ0) is 17.2. The molecule has 3 atom stereocenters. The van der Waals surface area contributed by atoms with Gasteiger partial charge in [-0.1, -0.05) is 44.2 Å². The first-order chi connectivity index (χ1) is 10.9. The van der Waals surface area contributed by atoms with Crippen LogP contribution in [0.15, 0.2) is 30.3 Å². The number of nitrogens with zero attached hydrogens (tertiary/aromatic N) is 1. The van der Waals surface area contributed by atoms with Crippen LogP contribution in [0.1, 0.15) is 19.4 Å². The second-order valence-corrected chi connectivity index (χ2v) is 5.95. The maximum atomic E-state index is 12.4. The molecule has 0 bridgehead atoms. The third-order valence-electron chi connectivity index (χ3n) is 4.57. The summed E-state index contributed by atoms with van der Waals surface area (Å²) in [5, 5.41) is 9.82. The Labute approximate surface area is 135 Å². The number of likely N-dealkylation sites (tertiary alicyclic amines) is 1. The van der Waals surface area contributed by atoms with Crippen LogP contribution in [0, 0.1) is 11.8 Å². The van der Waals surface area contributed by atoms with Crippen LogP contribution in [-0.2, 0) is 25.7 Å². The fourth-order valence-corrected chi connectivity index (χ4v) is 3.33. The zero-order valence-corrected chi connectivity index (χ0v) is 13.5. The van der Waals surface area contributed by atoms with E-state index in [2.05, 4.69) is 0 Å². The normalized spacial score (nSPS) is 28.4. The third-order valence-corrected chi connectivity index (χ3v) is 4.57. The summed E-state index contributed by atoms with van der Waals surface area (Å²) in [6, 6.07) is 9.26. The van der Waals surface area contributed by atoms with Crippen LogP contribution < -0.4 is 0 Å². The topological polar surface area (TPSA) is 83.9 Å². The summed E-state index contributed by atoms with van der Waals surface area (Å²) in [7, 11) is 1.14. The Morgan fingerprint density at radius 2 is 1.91 bits per heavy atom. The molecule has 23 heavy (non-hydrogen) atoms. The van der Waals surface area contributed by atoms with E-state index in [4.69, 9.17) is 4.74 Å². The van der Waals surface area contributed by atoms with Gasteiger partial charge in [0.05, 0.1) is 13.0 Å². The van der Waals surface area contributed by atoms with Crippen LogP contribution in [0.25, 0.3) is 0 Å². The molecule has 3 unspecified atom stereocenters. The van der Waals surface area contributed by atoms with E-state index < -0.39 is 23.4 Å². The van der Waals surface area contributed by atoms with Crippen LogP contribution in [0.3, 0.4) is 0 Å². The molecule has 6 heteroatoms. The first kappa shape index (κ1) is 17.1. The summed E-state index contributed by atoms with van der Waals surface area (Å²) in [4.78, 5) is 38.4. The number of carbonyl (C=O) groups is 3. The van der Waals surface area contributed by atoms with Gasteiger partial charge in [-0.05, 0) is 5.56 Å². The minimum Gasteiger partial charge on any atom is -0.479 e. The molecule has 0 saturated carbocycles. The number of esters is 1. The largest absolute Gasteiger partial charge is 0.479 e. The number of carbonyl (C=O) groups excluding carboxylic acids is 2. The molecule has 124 valence electrons. The van der Waals surface area contributed by atoms with Crippen molar-refractivity contribution in [3.05, 3.63) is 35.9 Å². The van der Waals surface area contributed by atoms with Crippen LogP contribution in [0.4, 0.5) is 0 Å². The van der Waals surface area contributed by atoms with E-state index in [9.17, 15) is 19.5 Å². The van der Waals surface area contributed by atoms with Gasteiger partial charge in [-0.25, -0.2) is 9.59 Å². The number of carboxylic acids is 1. The molecule has 1 aromatic rings. The van der Waals surface area contributed by atoms with Crippen molar-refractivity contribution in [2.24, 2.45) is 11.8 Å². The standard InChI is InChI=1S/C17H21NO5/c1-11-9-18(10-13-7-5-4-6-8-13)17(15(20)21,16(22)23-3)12(2)14(11)19/h4-8,11-12H,9-10H2,1-3H3,(H,20,21). The van der Waals surface area contributed by atoms with Gasteiger partial charge in [-0.15, -0.1) is 0 Å². The highest BCUT2D eigenvalue weighted by atomic mass is 16.5. The van der Waals surface area contributed by atoms with Crippen LogP contribution in [-0.4, -0.2) is 46.9 Å². The van der Waals surface area contributed by atoms with Gasteiger partial charge >= 0.3 is 11.9 Å². The van der Waals surface area contributed by atoms with E-state index in [-0.39, 0.29) is 24.8 Å². The molecule has 1 aliphatic rings. The SMILES string of the molecule is COC(=O)C1(C(=O)O)C(C)C(=O)C(C)CN1Cc1ccccc1. The van der Waals surface area contributed by atoms with Crippen molar-refractivity contribution in [1.29, 1.82) is 0 Å². The minimum absolute atomic E-state index is 0.194. The second kappa shape index (κ2) is 6.50. The van der Waals surface area contributed by atoms with Crippen molar-refractivity contribution in [3.8, 4) is 0 Å². The highest BCUT2D eigenvalue weighted by Gasteiger charge is 2.62. The van der Waals surface area contributed by atoms with Crippen molar-refractivity contribution in [2.75, 3.05) is 13.7 Å². The molecule has 0 radical (unpaired) electrons. The predicted molar refractivity (Wildman–Crippen MR) is 82.6 cm³/mol. The summed E-state index contributed by atoms with van der Waals surface area (Å²) in [5.41, 5.74) is -1.12. The lowest BCUT2D eigenvalue weighted by atomic mass is 9.73. The molecule has 1 fully saturated rings. The number of ketones is 1. The number of ether oxygens (including phenoxy) is 1. The molecule has 1 aliphatic heterocycles. The lowest BCUT2D eigenvalue weighted by Crippen LogP contribution is -2.70. The molecule has 0 spiro atoms. The fraction of sp³-hybridized carbons (Fsp3) is 0.471. The number of methoxy groups -OCH3 is 1. The zero-order valence-electron chi connectivity index (χ0n) is 13.5.